The number of hydrogen-bond donors (Lipinski definition) is 1. The zero-order valence-electron chi connectivity index (χ0n) is 10.9. The summed E-state index contributed by atoms with van der Waals surface area (Å²) in [6.45, 7) is 0. The van der Waals surface area contributed by atoms with Crippen LogP contribution in [0.5, 0.6) is 0 Å². The first-order valence-electron chi connectivity index (χ1n) is 5.72. The third kappa shape index (κ3) is 4.50. The van der Waals surface area contributed by atoms with Crippen molar-refractivity contribution < 1.29 is 13.2 Å². The second kappa shape index (κ2) is 6.38. The number of carbonyl (C=O) groups excluding carboxylic acids is 1. The first-order chi connectivity index (χ1) is 8.74. The van der Waals surface area contributed by atoms with Gasteiger partial charge < -0.3 is 10.6 Å². The Hall–Kier alpha value is -1.08. The third-order valence-electron chi connectivity index (χ3n) is 2.59. The quantitative estimate of drug-likeness (QED) is 0.820. The van der Waals surface area contributed by atoms with E-state index in [4.69, 9.17) is 5.73 Å². The Bertz CT molecular complexity index is 570. The van der Waals surface area contributed by atoms with E-state index in [9.17, 15) is 13.2 Å². The van der Waals surface area contributed by atoms with E-state index in [0.29, 0.717) is 16.6 Å². The SMILES string of the molecule is CN(C)C(=O)CCCS(=O)(=O)c1ccc(N)cc1Br. The van der Waals surface area contributed by atoms with Crippen molar-refractivity contribution in [1.82, 2.24) is 4.90 Å². The lowest BCUT2D eigenvalue weighted by atomic mass is 10.3. The molecule has 1 aromatic carbocycles. The molecule has 0 atom stereocenters. The number of benzene rings is 1. The number of hydrogen-bond acceptors (Lipinski definition) is 4. The van der Waals surface area contributed by atoms with Crippen molar-refractivity contribution >= 4 is 37.4 Å². The summed E-state index contributed by atoms with van der Waals surface area (Å²) >= 11 is 3.19. The van der Waals surface area contributed by atoms with Crippen molar-refractivity contribution in [2.75, 3.05) is 25.6 Å². The molecule has 1 amide bonds. The molecule has 0 aliphatic rings. The van der Waals surface area contributed by atoms with E-state index in [-0.39, 0.29) is 23.0 Å². The normalized spacial score (nSPS) is 11.3. The summed E-state index contributed by atoms with van der Waals surface area (Å²) in [5.74, 6) is -0.138. The monoisotopic (exact) mass is 348 g/mol. The Morgan fingerprint density at radius 3 is 2.53 bits per heavy atom. The van der Waals surface area contributed by atoms with Crippen molar-refractivity contribution in [2.24, 2.45) is 0 Å². The molecule has 1 rings (SSSR count). The van der Waals surface area contributed by atoms with Crippen LogP contribution in [-0.2, 0) is 14.6 Å². The molecule has 0 aromatic heterocycles. The van der Waals surface area contributed by atoms with Gasteiger partial charge in [0, 0.05) is 30.7 Å². The van der Waals surface area contributed by atoms with Crippen LogP contribution in [0.3, 0.4) is 0 Å². The van der Waals surface area contributed by atoms with Crippen molar-refractivity contribution in [3.8, 4) is 0 Å². The van der Waals surface area contributed by atoms with E-state index in [2.05, 4.69) is 15.9 Å². The summed E-state index contributed by atoms with van der Waals surface area (Å²) in [6, 6.07) is 4.57. The molecule has 0 heterocycles. The Morgan fingerprint density at radius 1 is 1.37 bits per heavy atom. The summed E-state index contributed by atoms with van der Waals surface area (Å²) in [6.07, 6.45) is 0.523. The van der Waals surface area contributed by atoms with Crippen LogP contribution in [0.2, 0.25) is 0 Å². The molecule has 0 saturated carbocycles. The van der Waals surface area contributed by atoms with Gasteiger partial charge in [-0.25, -0.2) is 8.42 Å². The van der Waals surface area contributed by atoms with Crippen LogP contribution >= 0.6 is 15.9 Å². The zero-order chi connectivity index (χ0) is 14.6. The number of nitrogens with zero attached hydrogens (tertiary/aromatic N) is 1. The predicted octanol–water partition coefficient (Wildman–Crippen LogP) is 1.67. The Balaban J connectivity index is 2.74. The van der Waals surface area contributed by atoms with Crippen LogP contribution in [0.1, 0.15) is 12.8 Å². The van der Waals surface area contributed by atoms with E-state index >= 15 is 0 Å². The highest BCUT2D eigenvalue weighted by Crippen LogP contribution is 2.25. The number of halogens is 1. The summed E-state index contributed by atoms with van der Waals surface area (Å²) in [7, 11) is -0.110. The van der Waals surface area contributed by atoms with Crippen LogP contribution < -0.4 is 5.73 Å². The molecule has 1 aromatic rings. The molecule has 0 bridgehead atoms. The van der Waals surface area contributed by atoms with Crippen LogP contribution in [0.15, 0.2) is 27.6 Å². The van der Waals surface area contributed by atoms with Gasteiger partial charge in [0.1, 0.15) is 0 Å². The lowest BCUT2D eigenvalue weighted by molar-refractivity contribution is -0.128. The fourth-order valence-corrected chi connectivity index (χ4v) is 4.03. The van der Waals surface area contributed by atoms with Gasteiger partial charge in [-0.05, 0) is 40.5 Å². The van der Waals surface area contributed by atoms with Gasteiger partial charge >= 0.3 is 0 Å². The average Bonchev–Trinajstić information content (AvgIpc) is 2.27. The Morgan fingerprint density at radius 2 is 2.00 bits per heavy atom. The van der Waals surface area contributed by atoms with E-state index in [0.717, 1.165) is 0 Å². The van der Waals surface area contributed by atoms with Gasteiger partial charge in [0.2, 0.25) is 5.91 Å². The molecule has 5 nitrogen and oxygen atoms in total. The number of amides is 1. The molecule has 0 saturated heterocycles. The van der Waals surface area contributed by atoms with Crippen molar-refractivity contribution in [3.05, 3.63) is 22.7 Å². The summed E-state index contributed by atoms with van der Waals surface area (Å²) in [5.41, 5.74) is 6.06. The first-order valence-corrected chi connectivity index (χ1v) is 8.16. The standard InChI is InChI=1S/C12H17BrN2O3S/c1-15(2)12(16)4-3-7-19(17,18)11-6-5-9(14)8-10(11)13/h5-6,8H,3-4,7,14H2,1-2H3. The largest absolute Gasteiger partial charge is 0.399 e. The maximum Gasteiger partial charge on any atom is 0.222 e. The minimum Gasteiger partial charge on any atom is -0.399 e. The van der Waals surface area contributed by atoms with Crippen molar-refractivity contribution in [3.63, 3.8) is 0 Å². The van der Waals surface area contributed by atoms with E-state index in [1.165, 1.54) is 11.0 Å². The van der Waals surface area contributed by atoms with E-state index in [1.54, 1.807) is 26.2 Å². The molecule has 7 heteroatoms. The Labute approximate surface area is 121 Å². The molecule has 0 aliphatic heterocycles. The van der Waals surface area contributed by atoms with Gasteiger partial charge in [-0.15, -0.1) is 0 Å². The summed E-state index contributed by atoms with van der Waals surface area (Å²) in [4.78, 5) is 13.0. The molecule has 0 unspecified atom stereocenters. The van der Waals surface area contributed by atoms with E-state index < -0.39 is 9.84 Å². The van der Waals surface area contributed by atoms with Crippen LogP contribution in [0.4, 0.5) is 5.69 Å². The smallest absolute Gasteiger partial charge is 0.222 e. The van der Waals surface area contributed by atoms with Gasteiger partial charge in [0.15, 0.2) is 9.84 Å². The molecular formula is C12H17BrN2O3S. The maximum absolute atomic E-state index is 12.1. The highest BCUT2D eigenvalue weighted by atomic mass is 79.9. The molecular weight excluding hydrogens is 332 g/mol. The molecule has 106 valence electrons. The fraction of sp³-hybridized carbons (Fsp3) is 0.417. The lowest BCUT2D eigenvalue weighted by Crippen LogP contribution is -2.22. The highest BCUT2D eigenvalue weighted by Gasteiger charge is 2.18. The number of anilines is 1. The van der Waals surface area contributed by atoms with Crippen LogP contribution in [0.25, 0.3) is 0 Å². The topological polar surface area (TPSA) is 80.5 Å². The number of sulfone groups is 1. The molecule has 0 fully saturated rings. The van der Waals surface area contributed by atoms with Crippen LogP contribution in [0, 0.1) is 0 Å². The third-order valence-corrected chi connectivity index (χ3v) is 5.36. The molecule has 19 heavy (non-hydrogen) atoms. The average molecular weight is 349 g/mol. The summed E-state index contributed by atoms with van der Waals surface area (Å²) < 4.78 is 24.7. The molecule has 0 aliphatic carbocycles. The Kier molecular flexibility index (Phi) is 5.37. The molecule has 0 radical (unpaired) electrons. The van der Waals surface area contributed by atoms with Gasteiger partial charge in [0.05, 0.1) is 10.6 Å². The number of nitrogens with two attached hydrogens (primary N) is 1. The minimum atomic E-state index is -3.40. The second-order valence-electron chi connectivity index (χ2n) is 4.40. The van der Waals surface area contributed by atoms with Gasteiger partial charge in [-0.2, -0.15) is 0 Å². The number of rotatable bonds is 5. The van der Waals surface area contributed by atoms with E-state index in [1.807, 2.05) is 0 Å². The zero-order valence-corrected chi connectivity index (χ0v) is 13.3. The van der Waals surface area contributed by atoms with Crippen molar-refractivity contribution in [1.29, 1.82) is 0 Å². The van der Waals surface area contributed by atoms with Gasteiger partial charge in [0.25, 0.3) is 0 Å². The van der Waals surface area contributed by atoms with Gasteiger partial charge in [-0.3, -0.25) is 4.79 Å². The maximum atomic E-state index is 12.1. The molecule has 0 spiro atoms. The van der Waals surface area contributed by atoms with Crippen LogP contribution in [-0.4, -0.2) is 39.1 Å². The number of carbonyl (C=O) groups is 1. The molecule has 2 N–H and O–H groups in total. The minimum absolute atomic E-state index is 0.0604. The highest BCUT2D eigenvalue weighted by molar-refractivity contribution is 9.10. The number of nitrogen functional groups attached to an aromatic ring is 1. The second-order valence-corrected chi connectivity index (χ2v) is 7.33. The predicted molar refractivity (Wildman–Crippen MR) is 78.5 cm³/mol. The van der Waals surface area contributed by atoms with Gasteiger partial charge in [-0.1, -0.05) is 0 Å². The summed E-state index contributed by atoms with van der Waals surface area (Å²) in [5, 5.41) is 0. The lowest BCUT2D eigenvalue weighted by Gasteiger charge is -2.10. The first kappa shape index (κ1) is 16.0. The fourth-order valence-electron chi connectivity index (χ4n) is 1.52. The van der Waals surface area contributed by atoms with Crippen molar-refractivity contribution in [2.45, 2.75) is 17.7 Å².